The van der Waals surface area contributed by atoms with Crippen LogP contribution in [-0.2, 0) is 0 Å². The van der Waals surface area contributed by atoms with Crippen LogP contribution < -0.4 is 5.32 Å². The molecule has 3 heteroatoms. The maximum absolute atomic E-state index is 13.1. The van der Waals surface area contributed by atoms with Gasteiger partial charge in [-0.2, -0.15) is 0 Å². The average molecular weight is 265 g/mol. The molecule has 0 radical (unpaired) electrons. The first-order valence-electron chi connectivity index (χ1n) is 7.23. The van der Waals surface area contributed by atoms with Gasteiger partial charge in [-0.1, -0.05) is 26.0 Å². The summed E-state index contributed by atoms with van der Waals surface area (Å²) in [5, 5.41) is 13.5. The van der Waals surface area contributed by atoms with E-state index in [4.69, 9.17) is 0 Å². The van der Waals surface area contributed by atoms with Crippen LogP contribution in [0.5, 0.6) is 0 Å². The van der Waals surface area contributed by atoms with Gasteiger partial charge in [0.2, 0.25) is 0 Å². The molecule has 2 N–H and O–H groups in total. The molecular weight excluding hydrogens is 241 g/mol. The molecule has 19 heavy (non-hydrogen) atoms. The maximum Gasteiger partial charge on any atom is 0.123 e. The van der Waals surface area contributed by atoms with Gasteiger partial charge in [0.25, 0.3) is 0 Å². The van der Waals surface area contributed by atoms with Crippen molar-refractivity contribution in [2.24, 2.45) is 11.8 Å². The van der Waals surface area contributed by atoms with Crippen molar-refractivity contribution in [2.45, 2.75) is 45.3 Å². The van der Waals surface area contributed by atoms with Crippen LogP contribution in [0.1, 0.15) is 44.8 Å². The number of nitrogens with one attached hydrogen (secondary N) is 1. The van der Waals surface area contributed by atoms with Crippen molar-refractivity contribution < 1.29 is 9.50 Å². The lowest BCUT2D eigenvalue weighted by atomic mass is 9.79. The normalized spacial score (nSPS) is 29.2. The number of aliphatic hydroxyl groups excluding tert-OH is 1. The number of halogens is 1. The molecule has 1 aromatic rings. The Bertz CT molecular complexity index is 409. The molecule has 0 bridgehead atoms. The van der Waals surface area contributed by atoms with Crippen LogP contribution in [0, 0.1) is 17.7 Å². The first-order valence-corrected chi connectivity index (χ1v) is 7.23. The van der Waals surface area contributed by atoms with Crippen LogP contribution in [0.3, 0.4) is 0 Å². The van der Waals surface area contributed by atoms with E-state index in [1.54, 1.807) is 12.1 Å². The minimum atomic E-state index is -0.634. The molecule has 0 heterocycles. The number of rotatable bonds is 4. The van der Waals surface area contributed by atoms with Crippen LogP contribution in [0.15, 0.2) is 24.3 Å². The highest BCUT2D eigenvalue weighted by Gasteiger charge is 2.24. The van der Waals surface area contributed by atoms with E-state index in [0.717, 1.165) is 18.3 Å². The summed E-state index contributed by atoms with van der Waals surface area (Å²) in [6, 6.07) is 6.68. The van der Waals surface area contributed by atoms with Crippen LogP contribution in [-0.4, -0.2) is 17.7 Å². The van der Waals surface area contributed by atoms with Gasteiger partial charge in [-0.15, -0.1) is 0 Å². The SMILES string of the molecule is CC1CCC(NCC(O)c2cccc(F)c2)CC1C. The van der Waals surface area contributed by atoms with Crippen LogP contribution >= 0.6 is 0 Å². The van der Waals surface area contributed by atoms with Crippen LogP contribution in [0.25, 0.3) is 0 Å². The second-order valence-corrected chi connectivity index (χ2v) is 5.94. The van der Waals surface area contributed by atoms with Gasteiger partial charge in [0.15, 0.2) is 0 Å². The highest BCUT2D eigenvalue weighted by Crippen LogP contribution is 2.29. The van der Waals surface area contributed by atoms with Crippen molar-refractivity contribution in [3.8, 4) is 0 Å². The van der Waals surface area contributed by atoms with E-state index in [9.17, 15) is 9.50 Å². The predicted octanol–water partition coefficient (Wildman–Crippen LogP) is 3.27. The highest BCUT2D eigenvalue weighted by molar-refractivity contribution is 5.19. The van der Waals surface area contributed by atoms with E-state index in [1.807, 2.05) is 0 Å². The maximum atomic E-state index is 13.1. The first-order chi connectivity index (χ1) is 9.06. The Labute approximate surface area is 115 Å². The Balaban J connectivity index is 1.82. The van der Waals surface area contributed by atoms with E-state index < -0.39 is 6.10 Å². The molecule has 0 amide bonds. The average Bonchev–Trinajstić information content (AvgIpc) is 2.40. The Kier molecular flexibility index (Phi) is 4.94. The van der Waals surface area contributed by atoms with Crippen molar-refractivity contribution in [1.29, 1.82) is 0 Å². The van der Waals surface area contributed by atoms with Crippen molar-refractivity contribution in [3.05, 3.63) is 35.6 Å². The first kappa shape index (κ1) is 14.5. The summed E-state index contributed by atoms with van der Waals surface area (Å²) in [5.74, 6) is 1.24. The Hall–Kier alpha value is -0.930. The third-order valence-corrected chi connectivity index (χ3v) is 4.43. The summed E-state index contributed by atoms with van der Waals surface area (Å²) in [6.45, 7) is 5.10. The minimum absolute atomic E-state index is 0.295. The van der Waals surface area contributed by atoms with Crippen LogP contribution in [0.2, 0.25) is 0 Å². The zero-order valence-electron chi connectivity index (χ0n) is 11.8. The van der Waals surface area contributed by atoms with Gasteiger partial charge in [-0.25, -0.2) is 4.39 Å². The lowest BCUT2D eigenvalue weighted by Gasteiger charge is -2.33. The number of aliphatic hydroxyl groups is 1. The molecule has 106 valence electrons. The van der Waals surface area contributed by atoms with Crippen molar-refractivity contribution in [1.82, 2.24) is 5.32 Å². The van der Waals surface area contributed by atoms with Crippen molar-refractivity contribution in [3.63, 3.8) is 0 Å². The fraction of sp³-hybridized carbons (Fsp3) is 0.625. The summed E-state index contributed by atoms with van der Waals surface area (Å²) >= 11 is 0. The van der Waals surface area contributed by atoms with Gasteiger partial charge < -0.3 is 10.4 Å². The molecule has 1 aliphatic carbocycles. The summed E-state index contributed by atoms with van der Waals surface area (Å²) in [7, 11) is 0. The summed E-state index contributed by atoms with van der Waals surface area (Å²) < 4.78 is 13.1. The molecule has 4 unspecified atom stereocenters. The second kappa shape index (κ2) is 6.49. The summed E-state index contributed by atoms with van der Waals surface area (Å²) in [6.07, 6.45) is 2.94. The second-order valence-electron chi connectivity index (χ2n) is 5.94. The lowest BCUT2D eigenvalue weighted by molar-refractivity contribution is 0.154. The molecule has 1 fully saturated rings. The summed E-state index contributed by atoms with van der Waals surface area (Å²) in [5.41, 5.74) is 0.643. The number of hydrogen-bond acceptors (Lipinski definition) is 2. The zero-order valence-corrected chi connectivity index (χ0v) is 11.8. The topological polar surface area (TPSA) is 32.3 Å². The van der Waals surface area contributed by atoms with E-state index in [-0.39, 0.29) is 5.82 Å². The third-order valence-electron chi connectivity index (χ3n) is 4.43. The van der Waals surface area contributed by atoms with Crippen molar-refractivity contribution in [2.75, 3.05) is 6.54 Å². The van der Waals surface area contributed by atoms with Gasteiger partial charge in [0.1, 0.15) is 5.82 Å². The Morgan fingerprint density at radius 1 is 1.32 bits per heavy atom. The molecule has 4 atom stereocenters. The molecule has 0 aromatic heterocycles. The van der Waals surface area contributed by atoms with Gasteiger partial charge in [-0.05, 0) is 48.8 Å². The molecule has 1 aromatic carbocycles. The monoisotopic (exact) mass is 265 g/mol. The standard InChI is InChI=1S/C16H24FNO/c1-11-6-7-15(8-12(11)2)18-10-16(19)13-4-3-5-14(17)9-13/h3-5,9,11-12,15-16,18-19H,6-8,10H2,1-2H3. The molecule has 2 rings (SSSR count). The lowest BCUT2D eigenvalue weighted by Crippen LogP contribution is -2.38. The molecular formula is C16H24FNO. The molecule has 2 nitrogen and oxygen atoms in total. The van der Waals surface area contributed by atoms with Gasteiger partial charge in [-0.3, -0.25) is 0 Å². The molecule has 0 saturated heterocycles. The van der Waals surface area contributed by atoms with Gasteiger partial charge >= 0.3 is 0 Å². The largest absolute Gasteiger partial charge is 0.387 e. The van der Waals surface area contributed by atoms with E-state index in [1.165, 1.54) is 25.0 Å². The van der Waals surface area contributed by atoms with E-state index >= 15 is 0 Å². The number of hydrogen-bond donors (Lipinski definition) is 2. The molecule has 1 aliphatic rings. The van der Waals surface area contributed by atoms with E-state index in [2.05, 4.69) is 19.2 Å². The fourth-order valence-corrected chi connectivity index (χ4v) is 2.84. The number of benzene rings is 1. The summed E-state index contributed by atoms with van der Waals surface area (Å²) in [4.78, 5) is 0. The van der Waals surface area contributed by atoms with E-state index in [0.29, 0.717) is 18.2 Å². The fourth-order valence-electron chi connectivity index (χ4n) is 2.84. The molecule has 0 spiro atoms. The van der Waals surface area contributed by atoms with Crippen LogP contribution in [0.4, 0.5) is 4.39 Å². The Morgan fingerprint density at radius 3 is 2.79 bits per heavy atom. The predicted molar refractivity (Wildman–Crippen MR) is 75.3 cm³/mol. The Morgan fingerprint density at radius 2 is 2.11 bits per heavy atom. The minimum Gasteiger partial charge on any atom is -0.387 e. The zero-order chi connectivity index (χ0) is 13.8. The van der Waals surface area contributed by atoms with Crippen molar-refractivity contribution >= 4 is 0 Å². The highest BCUT2D eigenvalue weighted by atomic mass is 19.1. The van der Waals surface area contributed by atoms with Gasteiger partial charge in [0, 0.05) is 12.6 Å². The molecule has 0 aliphatic heterocycles. The third kappa shape index (κ3) is 4.02. The smallest absolute Gasteiger partial charge is 0.123 e. The quantitative estimate of drug-likeness (QED) is 0.875. The van der Waals surface area contributed by atoms with Gasteiger partial charge in [0.05, 0.1) is 6.10 Å². The molecule has 1 saturated carbocycles.